The second-order valence-corrected chi connectivity index (χ2v) is 4.24. The van der Waals surface area contributed by atoms with E-state index < -0.39 is 12.7 Å². The van der Waals surface area contributed by atoms with Crippen molar-refractivity contribution in [2.75, 3.05) is 11.4 Å². The third kappa shape index (κ3) is 2.72. The zero-order valence-corrected chi connectivity index (χ0v) is 9.03. The van der Waals surface area contributed by atoms with Crippen LogP contribution < -0.4 is 4.90 Å². The van der Waals surface area contributed by atoms with Crippen molar-refractivity contribution in [2.45, 2.75) is 25.1 Å². The fourth-order valence-electron chi connectivity index (χ4n) is 1.30. The first kappa shape index (κ1) is 10.9. The SMILES string of the molecule is FC(F)(F)CN(c1nsnc1Cl)C1CC1. The summed E-state index contributed by atoms with van der Waals surface area (Å²) >= 11 is 6.49. The van der Waals surface area contributed by atoms with E-state index in [1.165, 1.54) is 4.90 Å². The van der Waals surface area contributed by atoms with Gasteiger partial charge < -0.3 is 4.90 Å². The standard InChI is InChI=1S/C7H7ClF3N3S/c8-5-6(13-15-12-5)14(4-1-2-4)3-7(9,10)11/h4H,1-3H2. The average molecular weight is 258 g/mol. The molecule has 0 spiro atoms. The van der Waals surface area contributed by atoms with Gasteiger partial charge in [-0.3, -0.25) is 0 Å². The maximum atomic E-state index is 12.3. The highest BCUT2D eigenvalue weighted by atomic mass is 35.5. The topological polar surface area (TPSA) is 29.0 Å². The Morgan fingerprint density at radius 1 is 1.40 bits per heavy atom. The lowest BCUT2D eigenvalue weighted by Crippen LogP contribution is -2.36. The van der Waals surface area contributed by atoms with Crippen LogP contribution in [0.4, 0.5) is 19.0 Å². The molecule has 0 amide bonds. The first-order chi connectivity index (χ1) is 6.97. The van der Waals surface area contributed by atoms with Gasteiger partial charge >= 0.3 is 6.18 Å². The molecule has 0 radical (unpaired) electrons. The van der Waals surface area contributed by atoms with Gasteiger partial charge in [0.25, 0.3) is 0 Å². The number of hydrogen-bond donors (Lipinski definition) is 0. The normalized spacial score (nSPS) is 16.8. The van der Waals surface area contributed by atoms with Gasteiger partial charge in [-0.2, -0.15) is 21.9 Å². The lowest BCUT2D eigenvalue weighted by molar-refractivity contribution is -0.120. The van der Waals surface area contributed by atoms with Crippen molar-refractivity contribution < 1.29 is 13.2 Å². The fourth-order valence-corrected chi connectivity index (χ4v) is 2.06. The summed E-state index contributed by atoms with van der Waals surface area (Å²) in [6, 6.07) is -0.0898. The van der Waals surface area contributed by atoms with Crippen molar-refractivity contribution >= 4 is 29.1 Å². The summed E-state index contributed by atoms with van der Waals surface area (Å²) in [5.41, 5.74) is 0. The zero-order valence-electron chi connectivity index (χ0n) is 7.46. The summed E-state index contributed by atoms with van der Waals surface area (Å²) < 4.78 is 44.3. The van der Waals surface area contributed by atoms with Crippen LogP contribution in [0.3, 0.4) is 0 Å². The second-order valence-electron chi connectivity index (χ2n) is 3.35. The summed E-state index contributed by atoms with van der Waals surface area (Å²) in [6.45, 7) is -1.01. The molecular weight excluding hydrogens is 251 g/mol. The van der Waals surface area contributed by atoms with Gasteiger partial charge in [0.2, 0.25) is 0 Å². The van der Waals surface area contributed by atoms with Crippen LogP contribution in [0.25, 0.3) is 0 Å². The van der Waals surface area contributed by atoms with E-state index in [1.807, 2.05) is 0 Å². The maximum absolute atomic E-state index is 12.3. The molecule has 0 unspecified atom stereocenters. The van der Waals surface area contributed by atoms with Gasteiger partial charge in [-0.15, -0.1) is 0 Å². The smallest absolute Gasteiger partial charge is 0.341 e. The minimum Gasteiger partial charge on any atom is -0.341 e. The van der Waals surface area contributed by atoms with Crippen molar-refractivity contribution in [3.8, 4) is 0 Å². The highest BCUT2D eigenvalue weighted by Crippen LogP contribution is 2.36. The molecule has 8 heteroatoms. The van der Waals surface area contributed by atoms with E-state index >= 15 is 0 Å². The molecule has 0 aliphatic heterocycles. The Morgan fingerprint density at radius 3 is 2.47 bits per heavy atom. The third-order valence-electron chi connectivity index (χ3n) is 2.04. The monoisotopic (exact) mass is 257 g/mol. The number of nitrogens with zero attached hydrogens (tertiary/aromatic N) is 3. The van der Waals surface area contributed by atoms with Crippen molar-refractivity contribution in [3.63, 3.8) is 0 Å². The molecular formula is C7H7ClF3N3S. The molecule has 0 aromatic carbocycles. The Labute approximate surface area is 93.2 Å². The van der Waals surface area contributed by atoms with Gasteiger partial charge in [-0.05, 0) is 12.8 Å². The molecule has 0 saturated heterocycles. The summed E-state index contributed by atoms with van der Waals surface area (Å²) in [7, 11) is 0. The summed E-state index contributed by atoms with van der Waals surface area (Å²) in [6.07, 6.45) is -2.73. The van der Waals surface area contributed by atoms with Crippen molar-refractivity contribution in [3.05, 3.63) is 5.15 Å². The van der Waals surface area contributed by atoms with Gasteiger partial charge in [0.1, 0.15) is 6.54 Å². The highest BCUT2D eigenvalue weighted by Gasteiger charge is 2.40. The number of anilines is 1. The molecule has 3 nitrogen and oxygen atoms in total. The van der Waals surface area contributed by atoms with Gasteiger partial charge in [0, 0.05) is 6.04 Å². The molecule has 1 aliphatic carbocycles. The average Bonchev–Trinajstić information content (AvgIpc) is 2.85. The molecule has 1 aliphatic rings. The predicted octanol–water partition coefficient (Wildman–Crippen LogP) is 2.72. The van der Waals surface area contributed by atoms with Crippen molar-refractivity contribution in [2.24, 2.45) is 0 Å². The van der Waals surface area contributed by atoms with Crippen LogP contribution in [0.1, 0.15) is 12.8 Å². The van der Waals surface area contributed by atoms with E-state index in [0.29, 0.717) is 0 Å². The zero-order chi connectivity index (χ0) is 11.1. The molecule has 84 valence electrons. The Bertz CT molecular complexity index is 349. The molecule has 0 N–H and O–H groups in total. The minimum absolute atomic E-state index is 0.0520. The number of hydrogen-bond acceptors (Lipinski definition) is 4. The quantitative estimate of drug-likeness (QED) is 0.834. The van der Waals surface area contributed by atoms with Crippen molar-refractivity contribution in [1.29, 1.82) is 0 Å². The van der Waals surface area contributed by atoms with Crippen LogP contribution in [-0.2, 0) is 0 Å². The first-order valence-electron chi connectivity index (χ1n) is 4.29. The van der Waals surface area contributed by atoms with E-state index in [-0.39, 0.29) is 17.0 Å². The van der Waals surface area contributed by atoms with Gasteiger partial charge in [-0.25, -0.2) is 0 Å². The molecule has 15 heavy (non-hydrogen) atoms. The highest BCUT2D eigenvalue weighted by molar-refractivity contribution is 6.99. The van der Waals surface area contributed by atoms with E-state index in [9.17, 15) is 13.2 Å². The van der Waals surface area contributed by atoms with E-state index in [2.05, 4.69) is 8.75 Å². The van der Waals surface area contributed by atoms with Crippen molar-refractivity contribution in [1.82, 2.24) is 8.75 Å². The second kappa shape index (κ2) is 3.79. The number of aromatic nitrogens is 2. The lowest BCUT2D eigenvalue weighted by Gasteiger charge is -2.23. The summed E-state index contributed by atoms with van der Waals surface area (Å²) in [5.74, 6) is 0.154. The van der Waals surface area contributed by atoms with Gasteiger partial charge in [0.05, 0.1) is 11.7 Å². The van der Waals surface area contributed by atoms with E-state index in [1.54, 1.807) is 0 Å². The number of halogens is 4. The van der Waals surface area contributed by atoms with Crippen LogP contribution in [0.2, 0.25) is 5.15 Å². The summed E-state index contributed by atoms with van der Waals surface area (Å²) in [5, 5.41) is 0.0520. The Morgan fingerprint density at radius 2 is 2.07 bits per heavy atom. The van der Waals surface area contributed by atoms with E-state index in [0.717, 1.165) is 24.6 Å². The number of rotatable bonds is 3. The Hall–Kier alpha value is -0.560. The Kier molecular flexibility index (Phi) is 2.76. The van der Waals surface area contributed by atoms with Gasteiger partial charge in [0.15, 0.2) is 11.0 Å². The molecule has 2 rings (SSSR count). The van der Waals surface area contributed by atoms with Crippen LogP contribution in [0, 0.1) is 0 Å². The van der Waals surface area contributed by atoms with E-state index in [4.69, 9.17) is 11.6 Å². The maximum Gasteiger partial charge on any atom is 0.405 e. The lowest BCUT2D eigenvalue weighted by atomic mass is 10.4. The third-order valence-corrected chi connectivity index (χ3v) is 2.91. The molecule has 0 bridgehead atoms. The predicted molar refractivity (Wildman–Crippen MR) is 51.3 cm³/mol. The van der Waals surface area contributed by atoms with Crippen LogP contribution in [0.5, 0.6) is 0 Å². The fraction of sp³-hybridized carbons (Fsp3) is 0.714. The molecule has 1 heterocycles. The minimum atomic E-state index is -4.24. The first-order valence-corrected chi connectivity index (χ1v) is 5.39. The molecule has 0 atom stereocenters. The molecule has 1 saturated carbocycles. The molecule has 1 aromatic heterocycles. The number of alkyl halides is 3. The molecule has 1 aromatic rings. The van der Waals surface area contributed by atoms with Crippen LogP contribution in [-0.4, -0.2) is 27.5 Å². The van der Waals surface area contributed by atoms with Crippen LogP contribution >= 0.6 is 23.3 Å². The summed E-state index contributed by atoms with van der Waals surface area (Å²) in [4.78, 5) is 1.19. The Balaban J connectivity index is 2.17. The largest absolute Gasteiger partial charge is 0.405 e. The van der Waals surface area contributed by atoms with Crippen LogP contribution in [0.15, 0.2) is 0 Å². The molecule has 1 fully saturated rings. The van der Waals surface area contributed by atoms with Gasteiger partial charge in [-0.1, -0.05) is 11.6 Å².